The van der Waals surface area contributed by atoms with Crippen molar-refractivity contribution in [3.63, 3.8) is 0 Å². The number of hydrogen-bond acceptors (Lipinski definition) is 4. The highest BCUT2D eigenvalue weighted by Crippen LogP contribution is 2.24. The smallest absolute Gasteiger partial charge is 0.266 e. The molecule has 3 heterocycles. The third-order valence-electron chi connectivity index (χ3n) is 5.26. The lowest BCUT2D eigenvalue weighted by atomic mass is 10.1. The molecular weight excluding hydrogens is 349 g/mol. The van der Waals surface area contributed by atoms with Crippen molar-refractivity contribution in [2.24, 2.45) is 0 Å². The average molecular weight is 371 g/mol. The highest BCUT2D eigenvalue weighted by Gasteiger charge is 2.35. The number of nitrogens with zero attached hydrogens (tertiary/aromatic N) is 3. The van der Waals surface area contributed by atoms with Gasteiger partial charge in [0.2, 0.25) is 0 Å². The van der Waals surface area contributed by atoms with E-state index < -0.39 is 0 Å². The molecule has 7 heteroatoms. The number of likely N-dealkylation sites (tertiary alicyclic amines) is 1. The molecule has 0 spiro atoms. The van der Waals surface area contributed by atoms with Gasteiger partial charge in [0.1, 0.15) is 11.9 Å². The van der Waals surface area contributed by atoms with E-state index in [0.29, 0.717) is 25.4 Å². The molecule has 2 atom stereocenters. The van der Waals surface area contributed by atoms with E-state index in [1.165, 1.54) is 22.9 Å². The minimum Gasteiger partial charge on any atom is -0.368 e. The summed E-state index contributed by atoms with van der Waals surface area (Å²) in [4.78, 5) is 26.8. The zero-order valence-corrected chi connectivity index (χ0v) is 15.0. The summed E-state index contributed by atoms with van der Waals surface area (Å²) >= 11 is 0. The van der Waals surface area contributed by atoms with Crippen LogP contribution in [0.2, 0.25) is 0 Å². The van der Waals surface area contributed by atoms with Crippen molar-refractivity contribution in [3.8, 4) is 11.3 Å². The van der Waals surface area contributed by atoms with Crippen LogP contribution in [0, 0.1) is 5.82 Å². The van der Waals surface area contributed by atoms with Crippen molar-refractivity contribution < 1.29 is 13.9 Å². The second-order valence-corrected chi connectivity index (χ2v) is 7.08. The van der Waals surface area contributed by atoms with Crippen molar-refractivity contribution in [2.45, 2.75) is 44.4 Å². The quantitative estimate of drug-likeness (QED) is 0.827. The van der Waals surface area contributed by atoms with Gasteiger partial charge in [0.15, 0.2) is 0 Å². The number of amides is 1. The van der Waals surface area contributed by atoms with E-state index in [-0.39, 0.29) is 29.4 Å². The largest absolute Gasteiger partial charge is 0.368 e. The highest BCUT2D eigenvalue weighted by atomic mass is 19.1. The average Bonchev–Trinajstić information content (AvgIpc) is 3.36. The number of aromatic nitrogens is 2. The molecule has 4 rings (SSSR count). The molecule has 0 N–H and O–H groups in total. The van der Waals surface area contributed by atoms with E-state index >= 15 is 0 Å². The van der Waals surface area contributed by atoms with E-state index in [1.807, 2.05) is 4.90 Å². The third-order valence-corrected chi connectivity index (χ3v) is 5.26. The second-order valence-electron chi connectivity index (χ2n) is 7.08. The normalized spacial score (nSPS) is 22.3. The Bertz CT molecular complexity index is 875. The molecule has 0 bridgehead atoms. The van der Waals surface area contributed by atoms with E-state index in [4.69, 9.17) is 4.74 Å². The molecular formula is C20H22FN3O3. The SMILES string of the molecule is O=C([C@@H]1CCCO1)N1CCC[C@H]1Cn1nc(-c2ccc(F)cc2)ccc1=O. The summed E-state index contributed by atoms with van der Waals surface area (Å²) in [6, 6.07) is 9.04. The predicted molar refractivity (Wildman–Crippen MR) is 97.6 cm³/mol. The van der Waals surface area contributed by atoms with E-state index in [9.17, 15) is 14.0 Å². The fourth-order valence-electron chi connectivity index (χ4n) is 3.83. The number of benzene rings is 1. The topological polar surface area (TPSA) is 64.4 Å². The molecule has 1 aromatic heterocycles. The lowest BCUT2D eigenvalue weighted by Gasteiger charge is -2.27. The van der Waals surface area contributed by atoms with Gasteiger partial charge in [-0.3, -0.25) is 9.59 Å². The fourth-order valence-corrected chi connectivity index (χ4v) is 3.83. The second kappa shape index (κ2) is 7.60. The summed E-state index contributed by atoms with van der Waals surface area (Å²) in [6.45, 7) is 1.68. The Hall–Kier alpha value is -2.54. The number of halogens is 1. The summed E-state index contributed by atoms with van der Waals surface area (Å²) in [5, 5.41) is 4.44. The Balaban J connectivity index is 1.54. The molecule has 27 heavy (non-hydrogen) atoms. The van der Waals surface area contributed by atoms with Crippen molar-refractivity contribution in [1.82, 2.24) is 14.7 Å². The van der Waals surface area contributed by atoms with Gasteiger partial charge in [-0.25, -0.2) is 9.07 Å². The number of carbonyl (C=O) groups excluding carboxylic acids is 1. The van der Waals surface area contributed by atoms with Gasteiger partial charge >= 0.3 is 0 Å². The van der Waals surface area contributed by atoms with Crippen molar-refractivity contribution >= 4 is 5.91 Å². The van der Waals surface area contributed by atoms with Gasteiger partial charge in [0.25, 0.3) is 11.5 Å². The molecule has 2 aliphatic heterocycles. The highest BCUT2D eigenvalue weighted by molar-refractivity contribution is 5.81. The van der Waals surface area contributed by atoms with Gasteiger partial charge in [-0.05, 0) is 56.0 Å². The van der Waals surface area contributed by atoms with Crippen LogP contribution in [0.4, 0.5) is 4.39 Å². The van der Waals surface area contributed by atoms with E-state index in [1.54, 1.807) is 18.2 Å². The van der Waals surface area contributed by atoms with Crippen LogP contribution >= 0.6 is 0 Å². The zero-order valence-electron chi connectivity index (χ0n) is 15.0. The molecule has 6 nitrogen and oxygen atoms in total. The number of carbonyl (C=O) groups is 1. The molecule has 1 aromatic carbocycles. The Morgan fingerprint density at radius 1 is 1.15 bits per heavy atom. The summed E-state index contributed by atoms with van der Waals surface area (Å²) in [7, 11) is 0. The molecule has 2 aromatic rings. The fraction of sp³-hybridized carbons (Fsp3) is 0.450. The van der Waals surface area contributed by atoms with Crippen LogP contribution in [0.15, 0.2) is 41.2 Å². The van der Waals surface area contributed by atoms with Crippen LogP contribution in [0.1, 0.15) is 25.7 Å². The summed E-state index contributed by atoms with van der Waals surface area (Å²) in [6.07, 6.45) is 3.08. The Kier molecular flexibility index (Phi) is 5.03. The van der Waals surface area contributed by atoms with Gasteiger partial charge < -0.3 is 9.64 Å². The minimum atomic E-state index is -0.346. The monoisotopic (exact) mass is 371 g/mol. The number of rotatable bonds is 4. The van der Waals surface area contributed by atoms with Gasteiger partial charge in [-0.15, -0.1) is 0 Å². The molecule has 2 fully saturated rings. The van der Waals surface area contributed by atoms with Crippen molar-refractivity contribution in [2.75, 3.05) is 13.2 Å². The Morgan fingerprint density at radius 3 is 2.70 bits per heavy atom. The van der Waals surface area contributed by atoms with E-state index in [2.05, 4.69) is 5.10 Å². The van der Waals surface area contributed by atoms with Gasteiger partial charge in [0, 0.05) is 24.8 Å². The maximum absolute atomic E-state index is 13.1. The minimum absolute atomic E-state index is 0.0257. The zero-order chi connectivity index (χ0) is 18.8. The van der Waals surface area contributed by atoms with Gasteiger partial charge in [-0.2, -0.15) is 5.10 Å². The molecule has 0 unspecified atom stereocenters. The molecule has 2 saturated heterocycles. The Morgan fingerprint density at radius 2 is 1.96 bits per heavy atom. The molecule has 0 radical (unpaired) electrons. The lowest BCUT2D eigenvalue weighted by molar-refractivity contribution is -0.142. The standard InChI is InChI=1S/C20H22FN3O3/c21-15-7-5-14(6-8-15)17-9-10-19(25)24(22-17)13-16-3-1-11-23(16)20(26)18-4-2-12-27-18/h5-10,16,18H,1-4,11-13H2/t16-,18-/m0/s1. The maximum Gasteiger partial charge on any atom is 0.266 e. The first kappa shape index (κ1) is 17.9. The van der Waals surface area contributed by atoms with Crippen LogP contribution in [-0.4, -0.2) is 45.9 Å². The first-order chi connectivity index (χ1) is 13.1. The molecule has 1 amide bonds. The Labute approximate surface area is 156 Å². The third kappa shape index (κ3) is 3.78. The first-order valence-corrected chi connectivity index (χ1v) is 9.38. The summed E-state index contributed by atoms with van der Waals surface area (Å²) < 4.78 is 20.1. The number of hydrogen-bond donors (Lipinski definition) is 0. The van der Waals surface area contributed by atoms with E-state index in [0.717, 1.165) is 31.2 Å². The predicted octanol–water partition coefficient (Wildman–Crippen LogP) is 2.22. The van der Waals surface area contributed by atoms with Gasteiger partial charge in [-0.1, -0.05) is 0 Å². The van der Waals surface area contributed by atoms with Crippen LogP contribution in [0.5, 0.6) is 0 Å². The number of ether oxygens (including phenoxy) is 1. The first-order valence-electron chi connectivity index (χ1n) is 9.38. The summed E-state index contributed by atoms with van der Waals surface area (Å²) in [5.74, 6) is -0.293. The lowest BCUT2D eigenvalue weighted by Crippen LogP contribution is -2.45. The molecule has 0 aliphatic carbocycles. The molecule has 0 saturated carbocycles. The van der Waals surface area contributed by atoms with Crippen molar-refractivity contribution in [1.29, 1.82) is 0 Å². The van der Waals surface area contributed by atoms with Crippen LogP contribution < -0.4 is 5.56 Å². The van der Waals surface area contributed by atoms with Crippen LogP contribution in [0.25, 0.3) is 11.3 Å². The van der Waals surface area contributed by atoms with Crippen LogP contribution in [-0.2, 0) is 16.1 Å². The van der Waals surface area contributed by atoms with Crippen LogP contribution in [0.3, 0.4) is 0 Å². The molecule has 142 valence electrons. The maximum atomic E-state index is 13.1. The summed E-state index contributed by atoms with van der Waals surface area (Å²) in [5.41, 5.74) is 1.13. The molecule has 2 aliphatic rings. The van der Waals surface area contributed by atoms with Crippen molar-refractivity contribution in [3.05, 3.63) is 52.6 Å². The van der Waals surface area contributed by atoms with Gasteiger partial charge in [0.05, 0.1) is 18.3 Å².